The van der Waals surface area contributed by atoms with E-state index in [1.807, 2.05) is 20.8 Å². The average molecular weight is 321 g/mol. The van der Waals surface area contributed by atoms with Gasteiger partial charge in [0.25, 0.3) is 0 Å². The Morgan fingerprint density at radius 3 is 2.48 bits per heavy atom. The van der Waals surface area contributed by atoms with Crippen molar-refractivity contribution in [3.63, 3.8) is 0 Å². The Morgan fingerprint density at radius 2 is 1.87 bits per heavy atom. The molecule has 1 heterocycles. The third kappa shape index (κ3) is 6.04. The lowest BCUT2D eigenvalue weighted by Gasteiger charge is -2.34. The summed E-state index contributed by atoms with van der Waals surface area (Å²) in [6.45, 7) is 8.53. The molecule has 1 aliphatic carbocycles. The molecule has 2 rings (SSSR count). The summed E-state index contributed by atoms with van der Waals surface area (Å²) in [5, 5.41) is 6.79. The van der Waals surface area contributed by atoms with E-state index >= 15 is 0 Å². The highest BCUT2D eigenvalue weighted by Crippen LogP contribution is 2.22. The van der Waals surface area contributed by atoms with Gasteiger partial charge in [0.05, 0.1) is 6.54 Å². The predicted molar refractivity (Wildman–Crippen MR) is 92.2 cm³/mol. The average Bonchev–Trinajstić information content (AvgIpc) is 2.86. The maximum absolute atomic E-state index is 12.0. The Kier molecular flexibility index (Phi) is 6.32. The van der Waals surface area contributed by atoms with Crippen LogP contribution in [0.25, 0.3) is 0 Å². The van der Waals surface area contributed by atoms with E-state index < -0.39 is 5.60 Å². The Morgan fingerprint density at radius 1 is 1.22 bits per heavy atom. The molecule has 0 aromatic rings. The molecule has 2 aliphatic rings. The first-order chi connectivity index (χ1) is 10.9. The van der Waals surface area contributed by atoms with Gasteiger partial charge < -0.3 is 15.4 Å². The van der Waals surface area contributed by atoms with Crippen LogP contribution in [0, 0.1) is 12.3 Å². The number of nitrogens with one attached hydrogen (secondary N) is 2. The van der Waals surface area contributed by atoms with Crippen molar-refractivity contribution in [1.82, 2.24) is 15.5 Å². The molecule has 2 atom stereocenters. The van der Waals surface area contributed by atoms with Crippen molar-refractivity contribution < 1.29 is 9.53 Å². The molecule has 0 spiro atoms. The zero-order chi connectivity index (χ0) is 16.9. The number of hydrogen-bond donors (Lipinski definition) is 2. The molecule has 5 nitrogen and oxygen atoms in total. The third-order valence-electron chi connectivity index (χ3n) is 4.57. The number of carbonyl (C=O) groups excluding carboxylic acids is 1. The highest BCUT2D eigenvalue weighted by atomic mass is 16.6. The van der Waals surface area contributed by atoms with Gasteiger partial charge in [-0.25, -0.2) is 4.79 Å². The molecule has 0 bridgehead atoms. The summed E-state index contributed by atoms with van der Waals surface area (Å²) in [5.74, 6) is 2.72. The predicted octanol–water partition coefficient (Wildman–Crippen LogP) is 2.12. The first-order valence-corrected chi connectivity index (χ1v) is 8.79. The molecule has 130 valence electrons. The molecule has 0 aromatic heterocycles. The number of terminal acetylenes is 1. The monoisotopic (exact) mass is 321 g/mol. The van der Waals surface area contributed by atoms with Crippen LogP contribution in [0.1, 0.15) is 52.9 Å². The number of carbonyl (C=O) groups is 1. The Bertz CT molecular complexity index is 431. The van der Waals surface area contributed by atoms with Crippen LogP contribution in [0.5, 0.6) is 0 Å². The molecular weight excluding hydrogens is 290 g/mol. The van der Waals surface area contributed by atoms with Crippen LogP contribution in [0.2, 0.25) is 0 Å². The number of likely N-dealkylation sites (tertiary alicyclic amines) is 1. The molecule has 2 unspecified atom stereocenters. The molecule has 23 heavy (non-hydrogen) atoms. The van der Waals surface area contributed by atoms with E-state index in [0.29, 0.717) is 12.1 Å². The minimum Gasteiger partial charge on any atom is -0.444 e. The van der Waals surface area contributed by atoms with E-state index in [2.05, 4.69) is 21.5 Å². The smallest absolute Gasteiger partial charge is 0.407 e. The maximum Gasteiger partial charge on any atom is 0.407 e. The lowest BCUT2D eigenvalue weighted by molar-refractivity contribution is 0.0495. The van der Waals surface area contributed by atoms with Gasteiger partial charge in [0.15, 0.2) is 0 Å². The zero-order valence-corrected chi connectivity index (χ0v) is 14.7. The summed E-state index contributed by atoms with van der Waals surface area (Å²) >= 11 is 0. The molecule has 2 N–H and O–H groups in total. The van der Waals surface area contributed by atoms with Crippen LogP contribution in [0.3, 0.4) is 0 Å². The Hall–Kier alpha value is -1.25. The van der Waals surface area contributed by atoms with E-state index in [1.54, 1.807) is 0 Å². The standard InChI is InChI=1S/C18H31N3O2/c1-5-11-21-12-9-14(10-13-21)19-15-7-6-8-16(15)20-17(22)23-18(2,3)4/h1,14-16,19H,6-13H2,2-4H3,(H,20,22). The van der Waals surface area contributed by atoms with Gasteiger partial charge in [0.1, 0.15) is 5.60 Å². The largest absolute Gasteiger partial charge is 0.444 e. The molecule has 0 aromatic carbocycles. The van der Waals surface area contributed by atoms with Crippen molar-refractivity contribution in [3.8, 4) is 12.3 Å². The molecular formula is C18H31N3O2. The van der Waals surface area contributed by atoms with E-state index in [0.717, 1.165) is 51.7 Å². The van der Waals surface area contributed by atoms with Crippen molar-refractivity contribution in [2.45, 2.75) is 76.6 Å². The first kappa shape index (κ1) is 18.1. The lowest BCUT2D eigenvalue weighted by Crippen LogP contribution is -2.53. The van der Waals surface area contributed by atoms with Gasteiger partial charge in [-0.05, 0) is 52.9 Å². The molecule has 1 saturated heterocycles. The van der Waals surface area contributed by atoms with E-state index in [1.165, 1.54) is 0 Å². The number of hydrogen-bond acceptors (Lipinski definition) is 4. The van der Waals surface area contributed by atoms with Crippen LogP contribution in [0.4, 0.5) is 4.79 Å². The Balaban J connectivity index is 1.76. The molecule has 1 saturated carbocycles. The van der Waals surface area contributed by atoms with Crippen LogP contribution in [-0.2, 0) is 4.74 Å². The minimum atomic E-state index is -0.449. The minimum absolute atomic E-state index is 0.175. The third-order valence-corrected chi connectivity index (χ3v) is 4.57. The fraction of sp³-hybridized carbons (Fsp3) is 0.833. The van der Waals surface area contributed by atoms with Crippen LogP contribution < -0.4 is 10.6 Å². The second-order valence-corrected chi connectivity index (χ2v) is 7.71. The lowest BCUT2D eigenvalue weighted by atomic mass is 10.0. The van der Waals surface area contributed by atoms with Crippen molar-refractivity contribution in [2.75, 3.05) is 19.6 Å². The van der Waals surface area contributed by atoms with Crippen molar-refractivity contribution in [1.29, 1.82) is 0 Å². The van der Waals surface area contributed by atoms with Gasteiger partial charge in [-0.1, -0.05) is 5.92 Å². The number of alkyl carbamates (subject to hydrolysis) is 1. The maximum atomic E-state index is 12.0. The van der Waals surface area contributed by atoms with E-state index in [-0.39, 0.29) is 12.1 Å². The summed E-state index contributed by atoms with van der Waals surface area (Å²) in [6, 6.07) is 1.05. The summed E-state index contributed by atoms with van der Waals surface area (Å²) in [7, 11) is 0. The number of piperidine rings is 1. The van der Waals surface area contributed by atoms with Crippen molar-refractivity contribution >= 4 is 6.09 Å². The van der Waals surface area contributed by atoms with Crippen molar-refractivity contribution in [2.24, 2.45) is 0 Å². The number of ether oxygens (including phenoxy) is 1. The van der Waals surface area contributed by atoms with Crippen LogP contribution in [0.15, 0.2) is 0 Å². The van der Waals surface area contributed by atoms with Gasteiger partial charge in [0, 0.05) is 31.2 Å². The highest BCUT2D eigenvalue weighted by molar-refractivity contribution is 5.68. The van der Waals surface area contributed by atoms with Crippen molar-refractivity contribution in [3.05, 3.63) is 0 Å². The number of nitrogens with zero attached hydrogens (tertiary/aromatic N) is 1. The summed E-state index contributed by atoms with van der Waals surface area (Å²) < 4.78 is 5.38. The fourth-order valence-electron chi connectivity index (χ4n) is 3.48. The number of rotatable bonds is 4. The summed E-state index contributed by atoms with van der Waals surface area (Å²) in [5.41, 5.74) is -0.449. The molecule has 1 aliphatic heterocycles. The molecule has 0 radical (unpaired) electrons. The van der Waals surface area contributed by atoms with Crippen LogP contribution >= 0.6 is 0 Å². The van der Waals surface area contributed by atoms with E-state index in [4.69, 9.17) is 11.2 Å². The first-order valence-electron chi connectivity index (χ1n) is 8.79. The van der Waals surface area contributed by atoms with Gasteiger partial charge in [-0.2, -0.15) is 0 Å². The second-order valence-electron chi connectivity index (χ2n) is 7.71. The van der Waals surface area contributed by atoms with Crippen LogP contribution in [-0.4, -0.2) is 54.4 Å². The van der Waals surface area contributed by atoms with Gasteiger partial charge in [-0.15, -0.1) is 6.42 Å². The SMILES string of the molecule is C#CCN1CCC(NC2CCCC2NC(=O)OC(C)(C)C)CC1. The molecule has 5 heteroatoms. The Labute approximate surface area is 140 Å². The quantitative estimate of drug-likeness (QED) is 0.779. The fourth-order valence-corrected chi connectivity index (χ4v) is 3.48. The highest BCUT2D eigenvalue weighted by Gasteiger charge is 2.32. The van der Waals surface area contributed by atoms with E-state index in [9.17, 15) is 4.79 Å². The zero-order valence-electron chi connectivity index (χ0n) is 14.7. The summed E-state index contributed by atoms with van der Waals surface area (Å²) in [6.07, 6.45) is 10.6. The second kappa shape index (κ2) is 8.03. The van der Waals surface area contributed by atoms with Gasteiger partial charge in [-0.3, -0.25) is 4.90 Å². The normalized spacial score (nSPS) is 26.7. The molecule has 1 amide bonds. The topological polar surface area (TPSA) is 53.6 Å². The number of amides is 1. The summed E-state index contributed by atoms with van der Waals surface area (Å²) in [4.78, 5) is 14.3. The van der Waals surface area contributed by atoms with Gasteiger partial charge >= 0.3 is 6.09 Å². The van der Waals surface area contributed by atoms with Gasteiger partial charge in [0.2, 0.25) is 0 Å². The molecule has 2 fully saturated rings.